The van der Waals surface area contributed by atoms with Gasteiger partial charge in [0.05, 0.1) is 18.7 Å². The molecule has 0 atom stereocenters. The van der Waals surface area contributed by atoms with Crippen LogP contribution in [0.5, 0.6) is 5.75 Å². The highest BCUT2D eigenvalue weighted by atomic mass is 16.5. The Kier molecular flexibility index (Phi) is 4.02. The molecule has 0 spiro atoms. The fourth-order valence-electron chi connectivity index (χ4n) is 2.61. The van der Waals surface area contributed by atoms with Gasteiger partial charge in [-0.3, -0.25) is 9.59 Å². The molecule has 5 heteroatoms. The number of ether oxygens (including phenoxy) is 1. The van der Waals surface area contributed by atoms with Gasteiger partial charge in [0.2, 0.25) is 5.91 Å². The highest BCUT2D eigenvalue weighted by Crippen LogP contribution is 2.28. The van der Waals surface area contributed by atoms with Gasteiger partial charge in [0.15, 0.2) is 0 Å². The summed E-state index contributed by atoms with van der Waals surface area (Å²) in [5, 5.41) is 5.64. The minimum absolute atomic E-state index is 0.115. The normalized spacial score (nSPS) is 13.4. The first-order valence-electron chi connectivity index (χ1n) is 7.47. The van der Waals surface area contributed by atoms with E-state index in [1.54, 1.807) is 18.2 Å². The summed E-state index contributed by atoms with van der Waals surface area (Å²) < 4.78 is 5.49. The van der Waals surface area contributed by atoms with Gasteiger partial charge in [0.25, 0.3) is 5.91 Å². The molecule has 1 heterocycles. The number of amides is 2. The Morgan fingerprint density at radius 1 is 1.13 bits per heavy atom. The summed E-state index contributed by atoms with van der Waals surface area (Å²) in [6.45, 7) is 4.31. The van der Waals surface area contributed by atoms with Crippen LogP contribution in [0.25, 0.3) is 0 Å². The number of anilines is 2. The average Bonchev–Trinajstić information content (AvgIpc) is 2.65. The van der Waals surface area contributed by atoms with E-state index in [-0.39, 0.29) is 11.8 Å². The van der Waals surface area contributed by atoms with Crippen molar-refractivity contribution in [3.63, 3.8) is 0 Å². The van der Waals surface area contributed by atoms with Crippen molar-refractivity contribution < 1.29 is 14.3 Å². The summed E-state index contributed by atoms with van der Waals surface area (Å²) in [7, 11) is 0. The van der Waals surface area contributed by atoms with Crippen molar-refractivity contribution in [2.75, 3.05) is 17.2 Å². The van der Waals surface area contributed by atoms with Gasteiger partial charge >= 0.3 is 0 Å². The first-order valence-corrected chi connectivity index (χ1v) is 7.47. The van der Waals surface area contributed by atoms with Crippen LogP contribution in [0, 0.1) is 13.8 Å². The van der Waals surface area contributed by atoms with Crippen molar-refractivity contribution in [3.8, 4) is 5.75 Å². The predicted molar refractivity (Wildman–Crippen MR) is 89.1 cm³/mol. The average molecular weight is 310 g/mol. The van der Waals surface area contributed by atoms with Crippen molar-refractivity contribution in [3.05, 3.63) is 53.1 Å². The van der Waals surface area contributed by atoms with E-state index in [2.05, 4.69) is 10.6 Å². The van der Waals surface area contributed by atoms with Crippen LogP contribution in [0.2, 0.25) is 0 Å². The molecule has 0 aliphatic carbocycles. The maximum atomic E-state index is 12.4. The van der Waals surface area contributed by atoms with Gasteiger partial charge < -0.3 is 15.4 Å². The third-order valence-electron chi connectivity index (χ3n) is 3.58. The largest absolute Gasteiger partial charge is 0.491 e. The molecule has 0 aromatic heterocycles. The number of hydrogen-bond donors (Lipinski definition) is 2. The van der Waals surface area contributed by atoms with Crippen molar-refractivity contribution in [1.29, 1.82) is 0 Å². The monoisotopic (exact) mass is 310 g/mol. The topological polar surface area (TPSA) is 67.4 Å². The molecule has 118 valence electrons. The Morgan fingerprint density at radius 2 is 1.87 bits per heavy atom. The molecular weight excluding hydrogens is 292 g/mol. The second-order valence-corrected chi connectivity index (χ2v) is 5.69. The molecule has 2 aromatic rings. The molecule has 0 radical (unpaired) electrons. The van der Waals surface area contributed by atoms with Crippen LogP contribution < -0.4 is 15.4 Å². The van der Waals surface area contributed by atoms with Crippen LogP contribution in [0.4, 0.5) is 11.4 Å². The van der Waals surface area contributed by atoms with E-state index in [0.717, 1.165) is 16.8 Å². The SMILES string of the molecule is Cc1cc(C)cc(NC(=O)c2ccc3c(c2)NC(=O)CCO3)c1. The molecule has 23 heavy (non-hydrogen) atoms. The molecule has 2 amide bonds. The van der Waals surface area contributed by atoms with E-state index in [1.807, 2.05) is 32.0 Å². The summed E-state index contributed by atoms with van der Waals surface area (Å²) in [6.07, 6.45) is 0.304. The van der Waals surface area contributed by atoms with Crippen LogP contribution in [0.1, 0.15) is 27.9 Å². The second kappa shape index (κ2) is 6.12. The number of hydrogen-bond acceptors (Lipinski definition) is 3. The summed E-state index contributed by atoms with van der Waals surface area (Å²) in [6, 6.07) is 10.9. The Bertz CT molecular complexity index is 764. The lowest BCUT2D eigenvalue weighted by Crippen LogP contribution is -2.13. The fourth-order valence-corrected chi connectivity index (χ4v) is 2.61. The quantitative estimate of drug-likeness (QED) is 0.894. The summed E-state index contributed by atoms with van der Waals surface area (Å²) in [5.41, 5.74) is 3.92. The van der Waals surface area contributed by atoms with Crippen LogP contribution in [0.3, 0.4) is 0 Å². The Hall–Kier alpha value is -2.82. The Morgan fingerprint density at radius 3 is 2.61 bits per heavy atom. The molecular formula is C18H18N2O3. The predicted octanol–water partition coefficient (Wildman–Crippen LogP) is 3.28. The van der Waals surface area contributed by atoms with Crippen LogP contribution in [0.15, 0.2) is 36.4 Å². The number of carbonyl (C=O) groups is 2. The van der Waals surface area contributed by atoms with Gasteiger partial charge in [-0.25, -0.2) is 0 Å². The van der Waals surface area contributed by atoms with E-state index in [9.17, 15) is 9.59 Å². The first-order chi connectivity index (χ1) is 11.0. The standard InChI is InChI=1S/C18H18N2O3/c1-11-7-12(2)9-14(8-11)19-18(22)13-3-4-16-15(10-13)20-17(21)5-6-23-16/h3-4,7-10H,5-6H2,1-2H3,(H,19,22)(H,20,21). The lowest BCUT2D eigenvalue weighted by Gasteiger charge is -2.11. The minimum Gasteiger partial charge on any atom is -0.491 e. The van der Waals surface area contributed by atoms with Gasteiger partial charge in [-0.15, -0.1) is 0 Å². The van der Waals surface area contributed by atoms with Gasteiger partial charge in [0, 0.05) is 11.3 Å². The lowest BCUT2D eigenvalue weighted by molar-refractivity contribution is -0.116. The molecule has 0 saturated heterocycles. The summed E-state index contributed by atoms with van der Waals surface area (Å²) >= 11 is 0. The van der Waals surface area contributed by atoms with Gasteiger partial charge in [0.1, 0.15) is 5.75 Å². The van der Waals surface area contributed by atoms with Crippen molar-refractivity contribution in [1.82, 2.24) is 0 Å². The fraction of sp³-hybridized carbons (Fsp3) is 0.222. The van der Waals surface area contributed by atoms with Crippen molar-refractivity contribution >= 4 is 23.2 Å². The van der Waals surface area contributed by atoms with E-state index in [0.29, 0.717) is 30.0 Å². The number of rotatable bonds is 2. The summed E-state index contributed by atoms with van der Waals surface area (Å²) in [5.74, 6) is 0.241. The first kappa shape index (κ1) is 15.1. The maximum absolute atomic E-state index is 12.4. The molecule has 2 aromatic carbocycles. The smallest absolute Gasteiger partial charge is 0.255 e. The molecule has 3 rings (SSSR count). The highest BCUT2D eigenvalue weighted by Gasteiger charge is 2.16. The third-order valence-corrected chi connectivity index (χ3v) is 3.58. The van der Waals surface area contributed by atoms with Gasteiger partial charge in [-0.1, -0.05) is 6.07 Å². The molecule has 0 saturated carbocycles. The second-order valence-electron chi connectivity index (χ2n) is 5.69. The molecule has 1 aliphatic heterocycles. The van der Waals surface area contributed by atoms with Crippen LogP contribution >= 0.6 is 0 Å². The van der Waals surface area contributed by atoms with Crippen molar-refractivity contribution in [2.45, 2.75) is 20.3 Å². The maximum Gasteiger partial charge on any atom is 0.255 e. The van der Waals surface area contributed by atoms with Crippen LogP contribution in [-0.2, 0) is 4.79 Å². The zero-order valence-electron chi connectivity index (χ0n) is 13.1. The molecule has 0 fully saturated rings. The molecule has 2 N–H and O–H groups in total. The molecule has 5 nitrogen and oxygen atoms in total. The third kappa shape index (κ3) is 3.51. The van der Waals surface area contributed by atoms with E-state index >= 15 is 0 Å². The number of benzene rings is 2. The zero-order chi connectivity index (χ0) is 16.4. The lowest BCUT2D eigenvalue weighted by atomic mass is 10.1. The molecule has 0 unspecified atom stereocenters. The number of fused-ring (bicyclic) bond motifs is 1. The Labute approximate surface area is 134 Å². The summed E-state index contributed by atoms with van der Waals surface area (Å²) in [4.78, 5) is 24.0. The van der Waals surface area contributed by atoms with E-state index in [1.165, 1.54) is 0 Å². The van der Waals surface area contributed by atoms with E-state index in [4.69, 9.17) is 4.74 Å². The number of aryl methyl sites for hydroxylation is 2. The van der Waals surface area contributed by atoms with Gasteiger partial charge in [-0.2, -0.15) is 0 Å². The van der Waals surface area contributed by atoms with Gasteiger partial charge in [-0.05, 0) is 55.3 Å². The van der Waals surface area contributed by atoms with Crippen molar-refractivity contribution in [2.24, 2.45) is 0 Å². The molecule has 0 bridgehead atoms. The van der Waals surface area contributed by atoms with E-state index < -0.39 is 0 Å². The minimum atomic E-state index is -0.226. The number of nitrogens with one attached hydrogen (secondary N) is 2. The Balaban J connectivity index is 1.84. The van der Waals surface area contributed by atoms with Crippen LogP contribution in [-0.4, -0.2) is 18.4 Å². The molecule has 1 aliphatic rings. The number of carbonyl (C=O) groups excluding carboxylic acids is 2. The highest BCUT2D eigenvalue weighted by molar-refractivity contribution is 6.06. The zero-order valence-corrected chi connectivity index (χ0v) is 13.1.